The Hall–Kier alpha value is -2.55. The molecule has 0 radical (unpaired) electrons. The second kappa shape index (κ2) is 6.75. The first-order valence-corrected chi connectivity index (χ1v) is 8.93. The summed E-state index contributed by atoms with van der Waals surface area (Å²) < 4.78 is 0. The topological polar surface area (TPSA) is 125 Å². The third kappa shape index (κ3) is 3.46. The van der Waals surface area contributed by atoms with Crippen LogP contribution in [0.25, 0.3) is 10.9 Å². The molecule has 1 aliphatic heterocycles. The average Bonchev–Trinajstić information content (AvgIpc) is 2.97. The van der Waals surface area contributed by atoms with Crippen LogP contribution >= 0.6 is 11.8 Å². The Balaban J connectivity index is 1.80. The first kappa shape index (κ1) is 17.3. The summed E-state index contributed by atoms with van der Waals surface area (Å²) in [5.41, 5.74) is 0.0119. The number of aliphatic carboxylic acids is 1. The number of carboxylic acid groups (broad SMARTS) is 1. The molecule has 0 bridgehead atoms. The molecule has 25 heavy (non-hydrogen) atoms. The molecular weight excluding hydrogens is 346 g/mol. The minimum Gasteiger partial charge on any atom is -0.480 e. The van der Waals surface area contributed by atoms with E-state index in [1.54, 1.807) is 24.0 Å². The van der Waals surface area contributed by atoms with Crippen molar-refractivity contribution in [3.05, 3.63) is 40.1 Å². The molecule has 1 aliphatic rings. The van der Waals surface area contributed by atoms with Crippen molar-refractivity contribution in [1.29, 1.82) is 0 Å². The van der Waals surface area contributed by atoms with Crippen LogP contribution in [0.3, 0.4) is 0 Å². The SMILES string of the molecule is O=C(Cc1c[nH]c2ccc([N+](=O)[O-])cc12)NC1(C(=O)O)CCSCC1. The summed E-state index contributed by atoms with van der Waals surface area (Å²) >= 11 is 1.67. The highest BCUT2D eigenvalue weighted by molar-refractivity contribution is 7.99. The molecule has 0 spiro atoms. The number of fused-ring (bicyclic) bond motifs is 1. The van der Waals surface area contributed by atoms with Gasteiger partial charge in [-0.1, -0.05) is 0 Å². The maximum Gasteiger partial charge on any atom is 0.329 e. The molecule has 132 valence electrons. The van der Waals surface area contributed by atoms with Gasteiger partial charge in [-0.25, -0.2) is 4.79 Å². The number of carboxylic acids is 1. The lowest BCUT2D eigenvalue weighted by molar-refractivity contribution is -0.384. The van der Waals surface area contributed by atoms with Crippen molar-refractivity contribution in [1.82, 2.24) is 10.3 Å². The summed E-state index contributed by atoms with van der Waals surface area (Å²) in [7, 11) is 0. The number of rotatable bonds is 5. The van der Waals surface area contributed by atoms with Gasteiger partial charge in [-0.3, -0.25) is 14.9 Å². The fraction of sp³-hybridized carbons (Fsp3) is 0.375. The number of carbonyl (C=O) groups is 2. The Morgan fingerprint density at radius 1 is 1.36 bits per heavy atom. The zero-order valence-corrected chi connectivity index (χ0v) is 14.1. The maximum atomic E-state index is 12.4. The molecule has 3 rings (SSSR count). The quantitative estimate of drug-likeness (QED) is 0.552. The van der Waals surface area contributed by atoms with E-state index in [0.717, 1.165) is 0 Å². The molecule has 1 saturated heterocycles. The predicted molar refractivity (Wildman–Crippen MR) is 93.7 cm³/mol. The van der Waals surface area contributed by atoms with Crippen molar-refractivity contribution in [2.45, 2.75) is 24.8 Å². The first-order valence-electron chi connectivity index (χ1n) is 7.78. The zero-order valence-electron chi connectivity index (χ0n) is 13.3. The second-order valence-electron chi connectivity index (χ2n) is 6.03. The van der Waals surface area contributed by atoms with Crippen molar-refractivity contribution >= 4 is 40.2 Å². The van der Waals surface area contributed by atoms with E-state index in [2.05, 4.69) is 10.3 Å². The first-order chi connectivity index (χ1) is 11.9. The Labute approximate surface area is 147 Å². The molecule has 2 heterocycles. The van der Waals surface area contributed by atoms with Crippen molar-refractivity contribution in [2.24, 2.45) is 0 Å². The molecule has 1 fully saturated rings. The van der Waals surface area contributed by atoms with Crippen molar-refractivity contribution < 1.29 is 19.6 Å². The van der Waals surface area contributed by atoms with Gasteiger partial charge in [0.15, 0.2) is 0 Å². The van der Waals surface area contributed by atoms with E-state index in [4.69, 9.17) is 0 Å². The second-order valence-corrected chi connectivity index (χ2v) is 7.25. The van der Waals surface area contributed by atoms with Gasteiger partial charge in [0.05, 0.1) is 11.3 Å². The Morgan fingerprint density at radius 2 is 2.08 bits per heavy atom. The number of non-ortho nitro benzene ring substituents is 1. The van der Waals surface area contributed by atoms with Gasteiger partial charge >= 0.3 is 5.97 Å². The number of hydrogen-bond acceptors (Lipinski definition) is 5. The van der Waals surface area contributed by atoms with Gasteiger partial charge < -0.3 is 15.4 Å². The van der Waals surface area contributed by atoms with Crippen molar-refractivity contribution in [3.63, 3.8) is 0 Å². The number of hydrogen-bond donors (Lipinski definition) is 3. The summed E-state index contributed by atoms with van der Waals surface area (Å²) in [4.78, 5) is 37.5. The van der Waals surface area contributed by atoms with E-state index in [1.807, 2.05) is 0 Å². The van der Waals surface area contributed by atoms with Crippen LogP contribution in [0.15, 0.2) is 24.4 Å². The average molecular weight is 363 g/mol. The maximum absolute atomic E-state index is 12.4. The molecule has 9 heteroatoms. The molecule has 0 atom stereocenters. The number of carbonyl (C=O) groups excluding carboxylic acids is 1. The minimum absolute atomic E-state index is 0.0384. The number of benzene rings is 1. The number of nitrogens with zero attached hydrogens (tertiary/aromatic N) is 1. The number of nitrogens with one attached hydrogen (secondary N) is 2. The van der Waals surface area contributed by atoms with E-state index in [1.165, 1.54) is 12.1 Å². The van der Waals surface area contributed by atoms with Crippen LogP contribution in [0.2, 0.25) is 0 Å². The standard InChI is InChI=1S/C16H17N3O5S/c20-14(18-16(15(21)22)3-5-25-6-4-16)7-10-9-17-13-2-1-11(19(23)24)8-12(10)13/h1-2,8-9,17H,3-7H2,(H,18,20)(H,21,22). The lowest BCUT2D eigenvalue weighted by atomic mass is 9.92. The smallest absolute Gasteiger partial charge is 0.329 e. The molecule has 8 nitrogen and oxygen atoms in total. The summed E-state index contributed by atoms with van der Waals surface area (Å²) in [5.74, 6) is -0.0463. The molecule has 2 aromatic rings. The number of nitro groups is 1. The molecule has 1 aromatic carbocycles. The normalized spacial score (nSPS) is 16.5. The molecule has 3 N–H and O–H groups in total. The highest BCUT2D eigenvalue weighted by atomic mass is 32.2. The van der Waals surface area contributed by atoms with Crippen LogP contribution in [0.4, 0.5) is 5.69 Å². The summed E-state index contributed by atoms with van der Waals surface area (Å²) in [6, 6.07) is 4.40. The van der Waals surface area contributed by atoms with E-state index in [-0.39, 0.29) is 12.1 Å². The van der Waals surface area contributed by atoms with Gasteiger partial charge in [0, 0.05) is 29.2 Å². The third-order valence-electron chi connectivity index (χ3n) is 4.45. The van der Waals surface area contributed by atoms with Crippen LogP contribution in [0, 0.1) is 10.1 Å². The molecule has 0 saturated carbocycles. The number of H-pyrrole nitrogens is 1. The molecule has 1 amide bonds. The van der Waals surface area contributed by atoms with Crippen LogP contribution in [0.1, 0.15) is 18.4 Å². The Kier molecular flexibility index (Phi) is 4.67. The zero-order chi connectivity index (χ0) is 18.0. The lowest BCUT2D eigenvalue weighted by Gasteiger charge is -2.33. The third-order valence-corrected chi connectivity index (χ3v) is 5.43. The summed E-state index contributed by atoms with van der Waals surface area (Å²) in [5, 5.41) is 23.7. The minimum atomic E-state index is -1.22. The van der Waals surface area contributed by atoms with E-state index in [0.29, 0.717) is 40.8 Å². The van der Waals surface area contributed by atoms with Crippen molar-refractivity contribution in [3.8, 4) is 0 Å². The fourth-order valence-corrected chi connectivity index (χ4v) is 4.21. The van der Waals surface area contributed by atoms with Gasteiger partial charge in [-0.15, -0.1) is 0 Å². The largest absolute Gasteiger partial charge is 0.480 e. The molecule has 0 aliphatic carbocycles. The van der Waals surface area contributed by atoms with Gasteiger partial charge in [-0.2, -0.15) is 11.8 Å². The van der Waals surface area contributed by atoms with Gasteiger partial charge in [0.25, 0.3) is 5.69 Å². The van der Waals surface area contributed by atoms with Crippen LogP contribution < -0.4 is 5.32 Å². The monoisotopic (exact) mass is 363 g/mol. The number of amides is 1. The fourth-order valence-electron chi connectivity index (χ4n) is 3.02. The van der Waals surface area contributed by atoms with Crippen LogP contribution in [-0.2, 0) is 16.0 Å². The van der Waals surface area contributed by atoms with E-state index in [9.17, 15) is 24.8 Å². The highest BCUT2D eigenvalue weighted by Gasteiger charge is 2.41. The number of thioether (sulfide) groups is 1. The molecular formula is C16H17N3O5S. The summed E-state index contributed by atoms with van der Waals surface area (Å²) in [6.45, 7) is 0. The van der Waals surface area contributed by atoms with Gasteiger partial charge in [0.1, 0.15) is 5.54 Å². The Morgan fingerprint density at radius 3 is 2.72 bits per heavy atom. The molecule has 0 unspecified atom stereocenters. The lowest BCUT2D eigenvalue weighted by Crippen LogP contribution is -2.56. The highest BCUT2D eigenvalue weighted by Crippen LogP contribution is 2.28. The van der Waals surface area contributed by atoms with E-state index < -0.39 is 22.3 Å². The van der Waals surface area contributed by atoms with Gasteiger partial charge in [0.2, 0.25) is 5.91 Å². The van der Waals surface area contributed by atoms with Crippen LogP contribution in [-0.4, -0.2) is 43.9 Å². The molecule has 1 aromatic heterocycles. The van der Waals surface area contributed by atoms with Crippen molar-refractivity contribution in [2.75, 3.05) is 11.5 Å². The number of aromatic nitrogens is 1. The Bertz CT molecular complexity index is 841. The number of aromatic amines is 1. The summed E-state index contributed by atoms with van der Waals surface area (Å²) in [6.07, 6.45) is 2.36. The van der Waals surface area contributed by atoms with Crippen LogP contribution in [0.5, 0.6) is 0 Å². The predicted octanol–water partition coefficient (Wildman–Crippen LogP) is 2.09. The van der Waals surface area contributed by atoms with E-state index >= 15 is 0 Å². The van der Waals surface area contributed by atoms with Gasteiger partial charge in [-0.05, 0) is 36.0 Å². The number of nitro benzene ring substituents is 1.